The number of halogens is 1. The maximum atomic E-state index is 12.3. The van der Waals surface area contributed by atoms with Crippen LogP contribution in [0.1, 0.15) is 16.7 Å². The smallest absolute Gasteiger partial charge is 0.261 e. The number of hydrogen-bond donors (Lipinski definition) is 0. The summed E-state index contributed by atoms with van der Waals surface area (Å²) in [4.78, 5) is 40.7. The van der Waals surface area contributed by atoms with Gasteiger partial charge in [-0.2, -0.15) is 0 Å². The van der Waals surface area contributed by atoms with E-state index < -0.39 is 0 Å². The van der Waals surface area contributed by atoms with Crippen LogP contribution >= 0.6 is 15.9 Å². The molecule has 0 aliphatic carbocycles. The van der Waals surface area contributed by atoms with Crippen LogP contribution in [0.25, 0.3) is 21.8 Å². The first-order chi connectivity index (χ1) is 22.9. The molecule has 11 heteroatoms. The molecule has 47 heavy (non-hydrogen) atoms. The van der Waals surface area contributed by atoms with Crippen molar-refractivity contribution in [3.8, 4) is 24.2 Å². The number of pyridine rings is 2. The fourth-order valence-corrected chi connectivity index (χ4v) is 4.44. The van der Waals surface area contributed by atoms with E-state index in [9.17, 15) is 9.59 Å². The van der Waals surface area contributed by atoms with Gasteiger partial charge in [0.15, 0.2) is 0 Å². The Balaban J connectivity index is 0.000000180. The van der Waals surface area contributed by atoms with Crippen molar-refractivity contribution in [2.75, 3.05) is 27.4 Å². The molecule has 0 bridgehead atoms. The topological polar surface area (TPSA) is 114 Å². The Morgan fingerprint density at radius 1 is 0.681 bits per heavy atom. The number of methoxy groups -OCH3 is 2. The lowest BCUT2D eigenvalue weighted by Gasteiger charge is -2.05. The lowest BCUT2D eigenvalue weighted by Crippen LogP contribution is -2.22. The number of rotatable bonds is 6. The van der Waals surface area contributed by atoms with Crippen LogP contribution in [0.5, 0.6) is 0 Å². The molecule has 10 nitrogen and oxygen atoms in total. The van der Waals surface area contributed by atoms with Gasteiger partial charge < -0.3 is 9.47 Å². The van der Waals surface area contributed by atoms with Crippen LogP contribution in [0.3, 0.4) is 0 Å². The monoisotopic (exact) mass is 690 g/mol. The standard InChI is InChI=1S/C18H15N3O2.C11H11BrN2O2.C7H5N/c1-23-11-10-21-13-20-17-12-15(4-5-16(17)18(21)22)3-2-14-6-8-19-9-7-14;1-16-5-4-14-7-13-10-6-8(12)2-3-9(10)11(14)15;1-2-7-3-5-8-6-4-7/h4-9,12-13H,10-11H2,1H3;2-3,6-7H,4-5H2,1H3;1,3-6H. The van der Waals surface area contributed by atoms with Gasteiger partial charge in [0.05, 0.1) is 60.8 Å². The van der Waals surface area contributed by atoms with Gasteiger partial charge in [-0.1, -0.05) is 33.7 Å². The summed E-state index contributed by atoms with van der Waals surface area (Å²) in [6, 6.07) is 18.2. The van der Waals surface area contributed by atoms with Gasteiger partial charge in [-0.05, 0) is 60.7 Å². The Hall–Kier alpha value is -5.46. The van der Waals surface area contributed by atoms with E-state index in [4.69, 9.17) is 15.9 Å². The molecule has 0 radical (unpaired) electrons. The van der Waals surface area contributed by atoms with Crippen LogP contribution in [0.2, 0.25) is 0 Å². The van der Waals surface area contributed by atoms with Gasteiger partial charge in [0.25, 0.3) is 11.1 Å². The average molecular weight is 692 g/mol. The highest BCUT2D eigenvalue weighted by atomic mass is 79.9. The first kappa shape index (κ1) is 34.4. The third-order valence-electron chi connectivity index (χ3n) is 6.56. The molecule has 0 spiro atoms. The summed E-state index contributed by atoms with van der Waals surface area (Å²) in [6.07, 6.45) is 14.9. The summed E-state index contributed by atoms with van der Waals surface area (Å²) in [5.41, 5.74) is 3.83. The summed E-state index contributed by atoms with van der Waals surface area (Å²) in [6.45, 7) is 1.99. The van der Waals surface area contributed by atoms with Crippen LogP contribution in [0, 0.1) is 24.2 Å². The zero-order chi connectivity index (χ0) is 33.4. The van der Waals surface area contributed by atoms with E-state index in [1.54, 1.807) is 85.1 Å². The van der Waals surface area contributed by atoms with Crippen molar-refractivity contribution in [3.05, 3.63) is 140 Å². The highest BCUT2D eigenvalue weighted by Crippen LogP contribution is 2.15. The zero-order valence-corrected chi connectivity index (χ0v) is 27.4. The van der Waals surface area contributed by atoms with E-state index in [-0.39, 0.29) is 11.1 Å². The highest BCUT2D eigenvalue weighted by Gasteiger charge is 2.05. The highest BCUT2D eigenvalue weighted by molar-refractivity contribution is 9.10. The molecule has 2 aromatic carbocycles. The predicted octanol–water partition coefficient (Wildman–Crippen LogP) is 4.71. The van der Waals surface area contributed by atoms with Gasteiger partial charge in [-0.25, -0.2) is 9.97 Å². The number of nitrogens with zero attached hydrogens (tertiary/aromatic N) is 6. The van der Waals surface area contributed by atoms with Crippen molar-refractivity contribution in [3.63, 3.8) is 0 Å². The van der Waals surface area contributed by atoms with Crippen molar-refractivity contribution in [1.82, 2.24) is 29.1 Å². The van der Waals surface area contributed by atoms with Crippen LogP contribution in [0.4, 0.5) is 0 Å². The number of hydrogen-bond acceptors (Lipinski definition) is 8. The van der Waals surface area contributed by atoms with Crippen LogP contribution < -0.4 is 11.1 Å². The lowest BCUT2D eigenvalue weighted by atomic mass is 10.1. The molecule has 0 saturated heterocycles. The summed E-state index contributed by atoms with van der Waals surface area (Å²) >= 11 is 3.35. The van der Waals surface area contributed by atoms with Gasteiger partial charge in [-0.15, -0.1) is 6.42 Å². The SMILES string of the molecule is C#Cc1ccncc1.COCCn1cnc2cc(Br)ccc2c1=O.COCCn1cnc2cc(C#Cc3ccncc3)ccc2c1=O. The fraction of sp³-hybridized carbons (Fsp3) is 0.167. The molecular formula is C36H31BrN6O4. The summed E-state index contributed by atoms with van der Waals surface area (Å²) < 4.78 is 14.0. The molecule has 0 atom stereocenters. The molecule has 0 aliphatic rings. The largest absolute Gasteiger partial charge is 0.383 e. The number of benzene rings is 2. The van der Waals surface area contributed by atoms with Crippen molar-refractivity contribution in [2.24, 2.45) is 0 Å². The Labute approximate surface area is 280 Å². The molecule has 236 valence electrons. The number of fused-ring (bicyclic) bond motifs is 2. The van der Waals surface area contributed by atoms with Gasteiger partial charge >= 0.3 is 0 Å². The van der Waals surface area contributed by atoms with Crippen molar-refractivity contribution in [1.29, 1.82) is 0 Å². The summed E-state index contributed by atoms with van der Waals surface area (Å²) in [5, 5.41) is 1.21. The number of ether oxygens (including phenoxy) is 2. The van der Waals surface area contributed by atoms with E-state index in [1.165, 1.54) is 0 Å². The third-order valence-corrected chi connectivity index (χ3v) is 7.06. The second kappa shape index (κ2) is 17.9. The number of terminal acetylenes is 1. The van der Waals surface area contributed by atoms with Gasteiger partial charge in [-0.3, -0.25) is 28.7 Å². The predicted molar refractivity (Wildman–Crippen MR) is 186 cm³/mol. The van der Waals surface area contributed by atoms with E-state index >= 15 is 0 Å². The fourth-order valence-electron chi connectivity index (χ4n) is 4.09. The normalized spacial score (nSPS) is 10.1. The maximum absolute atomic E-state index is 12.3. The Kier molecular flexibility index (Phi) is 13.1. The second-order valence-corrected chi connectivity index (χ2v) is 10.6. The quantitative estimate of drug-likeness (QED) is 0.231. The Morgan fingerprint density at radius 2 is 1.17 bits per heavy atom. The van der Waals surface area contributed by atoms with Gasteiger partial charge in [0.2, 0.25) is 0 Å². The van der Waals surface area contributed by atoms with Crippen molar-refractivity contribution in [2.45, 2.75) is 13.1 Å². The van der Waals surface area contributed by atoms with Gasteiger partial charge in [0.1, 0.15) is 0 Å². The van der Waals surface area contributed by atoms with Crippen LogP contribution in [0.15, 0.2) is 112 Å². The Bertz CT molecular complexity index is 2150. The minimum absolute atomic E-state index is 0.0328. The molecule has 6 aromatic rings. The van der Waals surface area contributed by atoms with Gasteiger partial charge in [0, 0.05) is 60.2 Å². The zero-order valence-electron chi connectivity index (χ0n) is 25.8. The van der Waals surface area contributed by atoms with Crippen molar-refractivity contribution < 1.29 is 9.47 Å². The molecule has 0 aliphatic heterocycles. The summed E-state index contributed by atoms with van der Waals surface area (Å²) in [7, 11) is 3.21. The molecule has 4 heterocycles. The summed E-state index contributed by atoms with van der Waals surface area (Å²) in [5.74, 6) is 8.62. The molecule has 0 amide bonds. The first-order valence-electron chi connectivity index (χ1n) is 14.3. The molecule has 4 aromatic heterocycles. The minimum atomic E-state index is -0.0688. The number of aromatic nitrogens is 6. The molecule has 6 rings (SSSR count). The van der Waals surface area contributed by atoms with E-state index in [0.29, 0.717) is 48.1 Å². The van der Waals surface area contributed by atoms with E-state index in [2.05, 4.69) is 53.6 Å². The first-order valence-corrected chi connectivity index (χ1v) is 15.1. The molecule has 0 unspecified atom stereocenters. The van der Waals surface area contributed by atoms with E-state index in [0.717, 1.165) is 21.2 Å². The van der Waals surface area contributed by atoms with Crippen LogP contribution in [-0.2, 0) is 22.6 Å². The maximum Gasteiger partial charge on any atom is 0.261 e. The average Bonchev–Trinajstić information content (AvgIpc) is 3.11. The van der Waals surface area contributed by atoms with E-state index in [1.807, 2.05) is 36.4 Å². The molecule has 0 saturated carbocycles. The van der Waals surface area contributed by atoms with Crippen molar-refractivity contribution >= 4 is 37.7 Å². The Morgan fingerprint density at radius 3 is 1.68 bits per heavy atom. The third kappa shape index (κ3) is 10.0. The molecule has 0 fully saturated rings. The minimum Gasteiger partial charge on any atom is -0.383 e. The molecular weight excluding hydrogens is 660 g/mol. The van der Waals surface area contributed by atoms with Crippen LogP contribution in [-0.4, -0.2) is 56.5 Å². The molecule has 0 N–H and O–H groups in total. The lowest BCUT2D eigenvalue weighted by molar-refractivity contribution is 0.186. The second-order valence-electron chi connectivity index (χ2n) is 9.73.